The monoisotopic (exact) mass is 533 g/mol. The van der Waals surface area contributed by atoms with Gasteiger partial charge >= 0.3 is 0 Å². The summed E-state index contributed by atoms with van der Waals surface area (Å²) in [6, 6.07) is 16.0. The van der Waals surface area contributed by atoms with E-state index in [-0.39, 0.29) is 30.8 Å². The molecule has 1 saturated carbocycles. The summed E-state index contributed by atoms with van der Waals surface area (Å²) in [7, 11) is -3.56. The van der Waals surface area contributed by atoms with Gasteiger partial charge in [0, 0.05) is 30.6 Å². The topological polar surface area (TPSA) is 86.8 Å². The molecule has 1 N–H and O–H groups in total. The second-order valence-electron chi connectivity index (χ2n) is 9.41. The van der Waals surface area contributed by atoms with Crippen LogP contribution in [0.15, 0.2) is 54.6 Å². The second kappa shape index (κ2) is 13.1. The normalized spacial score (nSPS) is 14.9. The van der Waals surface area contributed by atoms with E-state index in [1.54, 1.807) is 36.1 Å². The molecule has 1 aliphatic carbocycles. The van der Waals surface area contributed by atoms with Crippen LogP contribution in [0.2, 0.25) is 5.02 Å². The van der Waals surface area contributed by atoms with Crippen LogP contribution in [0, 0.1) is 0 Å². The van der Waals surface area contributed by atoms with Crippen LogP contribution in [0.3, 0.4) is 0 Å². The van der Waals surface area contributed by atoms with Gasteiger partial charge in [-0.2, -0.15) is 0 Å². The average Bonchev–Trinajstić information content (AvgIpc) is 3.34. The van der Waals surface area contributed by atoms with E-state index in [1.807, 2.05) is 30.3 Å². The van der Waals surface area contributed by atoms with Crippen molar-refractivity contribution in [3.05, 3.63) is 65.2 Å². The molecule has 196 valence electrons. The van der Waals surface area contributed by atoms with Crippen molar-refractivity contribution in [2.75, 3.05) is 23.7 Å². The lowest BCUT2D eigenvalue weighted by Gasteiger charge is -2.30. The highest BCUT2D eigenvalue weighted by molar-refractivity contribution is 7.92. The Bertz CT molecular complexity index is 1120. The van der Waals surface area contributed by atoms with Crippen molar-refractivity contribution < 1.29 is 18.0 Å². The minimum Gasteiger partial charge on any atom is -0.352 e. The highest BCUT2D eigenvalue weighted by Gasteiger charge is 2.28. The Hall–Kier alpha value is -2.58. The largest absolute Gasteiger partial charge is 0.352 e. The average molecular weight is 534 g/mol. The van der Waals surface area contributed by atoms with Crippen LogP contribution < -0.4 is 9.62 Å². The molecule has 0 aromatic heterocycles. The number of rotatable bonds is 12. The van der Waals surface area contributed by atoms with Crippen LogP contribution in [-0.4, -0.2) is 56.6 Å². The summed E-state index contributed by atoms with van der Waals surface area (Å²) in [4.78, 5) is 27.9. The first-order valence-electron chi connectivity index (χ1n) is 12.5. The summed E-state index contributed by atoms with van der Waals surface area (Å²) in [5, 5.41) is 3.54. The SMILES string of the molecule is CC(C(=O)NC1CCCC1)N(CCc1ccccc1)C(=O)CCCN(c1cccc(Cl)c1)S(C)(=O)=O. The smallest absolute Gasteiger partial charge is 0.242 e. The lowest BCUT2D eigenvalue weighted by Crippen LogP contribution is -2.50. The fourth-order valence-electron chi connectivity index (χ4n) is 4.60. The van der Waals surface area contributed by atoms with E-state index in [9.17, 15) is 18.0 Å². The predicted octanol–water partition coefficient (Wildman–Crippen LogP) is 4.40. The van der Waals surface area contributed by atoms with Crippen molar-refractivity contribution in [1.29, 1.82) is 0 Å². The highest BCUT2D eigenvalue weighted by Crippen LogP contribution is 2.23. The Labute approximate surface area is 219 Å². The molecular formula is C27H36ClN3O4S. The van der Waals surface area contributed by atoms with Crippen molar-refractivity contribution in [3.63, 3.8) is 0 Å². The van der Waals surface area contributed by atoms with Gasteiger partial charge in [0.15, 0.2) is 0 Å². The molecule has 1 aliphatic rings. The Kier molecular flexibility index (Phi) is 10.2. The molecule has 2 aromatic rings. The minimum absolute atomic E-state index is 0.127. The molecule has 1 atom stereocenters. The van der Waals surface area contributed by atoms with Gasteiger partial charge in [-0.15, -0.1) is 0 Å². The molecule has 0 spiro atoms. The number of carbonyl (C=O) groups excluding carboxylic acids is 2. The Balaban J connectivity index is 1.67. The molecule has 9 heteroatoms. The first-order valence-corrected chi connectivity index (χ1v) is 14.7. The molecule has 2 amide bonds. The molecule has 7 nitrogen and oxygen atoms in total. The van der Waals surface area contributed by atoms with E-state index in [1.165, 1.54) is 4.31 Å². The Morgan fingerprint density at radius 3 is 2.39 bits per heavy atom. The number of sulfonamides is 1. The molecule has 36 heavy (non-hydrogen) atoms. The fraction of sp³-hybridized carbons (Fsp3) is 0.481. The first-order chi connectivity index (χ1) is 17.1. The summed E-state index contributed by atoms with van der Waals surface area (Å²) in [5.74, 6) is -0.306. The zero-order chi connectivity index (χ0) is 26.1. The molecule has 1 fully saturated rings. The molecule has 3 rings (SSSR count). The van der Waals surface area contributed by atoms with E-state index in [0.717, 1.165) is 37.5 Å². The van der Waals surface area contributed by atoms with Crippen LogP contribution in [0.5, 0.6) is 0 Å². The summed E-state index contributed by atoms with van der Waals surface area (Å²) < 4.78 is 26.1. The zero-order valence-corrected chi connectivity index (χ0v) is 22.6. The van der Waals surface area contributed by atoms with Gasteiger partial charge in [-0.1, -0.05) is 60.8 Å². The second-order valence-corrected chi connectivity index (χ2v) is 11.8. The molecule has 0 saturated heterocycles. The van der Waals surface area contributed by atoms with Crippen molar-refractivity contribution in [2.45, 2.75) is 64.0 Å². The van der Waals surface area contributed by atoms with Crippen LogP contribution in [-0.2, 0) is 26.0 Å². The van der Waals surface area contributed by atoms with Crippen LogP contribution in [0.25, 0.3) is 0 Å². The number of anilines is 1. The van der Waals surface area contributed by atoms with Gasteiger partial charge in [-0.25, -0.2) is 8.42 Å². The van der Waals surface area contributed by atoms with Gasteiger partial charge in [0.1, 0.15) is 6.04 Å². The predicted molar refractivity (Wildman–Crippen MR) is 145 cm³/mol. The van der Waals surface area contributed by atoms with Crippen molar-refractivity contribution in [2.24, 2.45) is 0 Å². The number of hydrogen-bond donors (Lipinski definition) is 1. The number of nitrogens with zero attached hydrogens (tertiary/aromatic N) is 2. The van der Waals surface area contributed by atoms with E-state index in [2.05, 4.69) is 5.32 Å². The minimum atomic E-state index is -3.56. The Morgan fingerprint density at radius 1 is 1.06 bits per heavy atom. The number of nitrogens with one attached hydrogen (secondary N) is 1. The molecule has 0 heterocycles. The van der Waals surface area contributed by atoms with E-state index >= 15 is 0 Å². The van der Waals surface area contributed by atoms with E-state index in [0.29, 0.717) is 30.1 Å². The van der Waals surface area contributed by atoms with Crippen molar-refractivity contribution in [1.82, 2.24) is 10.2 Å². The highest BCUT2D eigenvalue weighted by atomic mass is 35.5. The number of amides is 2. The number of benzene rings is 2. The quantitative estimate of drug-likeness (QED) is 0.438. The number of carbonyl (C=O) groups is 2. The maximum atomic E-state index is 13.3. The van der Waals surface area contributed by atoms with Crippen LogP contribution >= 0.6 is 11.6 Å². The third kappa shape index (κ3) is 8.23. The summed E-state index contributed by atoms with van der Waals surface area (Å²) in [5.41, 5.74) is 1.55. The molecule has 0 bridgehead atoms. The third-order valence-corrected chi connectivity index (χ3v) is 8.03. The number of halogens is 1. The lowest BCUT2D eigenvalue weighted by atomic mass is 10.1. The van der Waals surface area contributed by atoms with Crippen molar-refractivity contribution >= 4 is 39.1 Å². The molecule has 0 radical (unpaired) electrons. The first kappa shape index (κ1) is 28.0. The Morgan fingerprint density at radius 2 is 1.75 bits per heavy atom. The van der Waals surface area contributed by atoms with Crippen molar-refractivity contribution in [3.8, 4) is 0 Å². The van der Waals surface area contributed by atoms with E-state index < -0.39 is 16.1 Å². The lowest BCUT2D eigenvalue weighted by molar-refractivity contribution is -0.140. The van der Waals surface area contributed by atoms with Gasteiger partial charge in [-0.05, 0) is 56.4 Å². The van der Waals surface area contributed by atoms with Gasteiger partial charge in [-0.3, -0.25) is 13.9 Å². The zero-order valence-electron chi connectivity index (χ0n) is 21.0. The van der Waals surface area contributed by atoms with E-state index in [4.69, 9.17) is 11.6 Å². The summed E-state index contributed by atoms with van der Waals surface area (Å²) in [6.45, 7) is 2.31. The van der Waals surface area contributed by atoms with Crippen LogP contribution in [0.4, 0.5) is 5.69 Å². The summed E-state index contributed by atoms with van der Waals surface area (Å²) >= 11 is 6.06. The van der Waals surface area contributed by atoms with Gasteiger partial charge in [0.05, 0.1) is 11.9 Å². The molecule has 1 unspecified atom stereocenters. The fourth-order valence-corrected chi connectivity index (χ4v) is 5.74. The maximum absolute atomic E-state index is 13.3. The summed E-state index contributed by atoms with van der Waals surface area (Å²) in [6.07, 6.45) is 6.38. The van der Waals surface area contributed by atoms with Gasteiger partial charge in [0.25, 0.3) is 0 Å². The molecule has 0 aliphatic heterocycles. The van der Waals surface area contributed by atoms with Gasteiger partial charge < -0.3 is 10.2 Å². The molecule has 2 aromatic carbocycles. The maximum Gasteiger partial charge on any atom is 0.242 e. The number of hydrogen-bond acceptors (Lipinski definition) is 4. The van der Waals surface area contributed by atoms with Crippen LogP contribution in [0.1, 0.15) is 51.0 Å². The third-order valence-electron chi connectivity index (χ3n) is 6.60. The van der Waals surface area contributed by atoms with Gasteiger partial charge in [0.2, 0.25) is 21.8 Å². The standard InChI is InChI=1S/C27H36ClN3O4S/c1-21(27(33)29-24-13-6-7-14-24)30(19-17-22-10-4-3-5-11-22)26(32)16-9-18-31(36(2,34)35)25-15-8-12-23(28)20-25/h3-5,8,10-12,15,20-21,24H,6-7,9,13-14,16-19H2,1-2H3,(H,29,33). The molecular weight excluding hydrogens is 498 g/mol.